The molecule has 0 spiro atoms. The lowest BCUT2D eigenvalue weighted by Crippen LogP contribution is -2.06. The van der Waals surface area contributed by atoms with E-state index < -0.39 is 0 Å². The summed E-state index contributed by atoms with van der Waals surface area (Å²) in [5, 5.41) is 6.84. The molecule has 8 heteroatoms. The lowest BCUT2D eigenvalue weighted by molar-refractivity contribution is -0.114. The van der Waals surface area contributed by atoms with Crippen LogP contribution in [0.1, 0.15) is 6.92 Å². The first-order valence-electron chi connectivity index (χ1n) is 6.83. The molecule has 3 rings (SSSR count). The fourth-order valence-electron chi connectivity index (χ4n) is 2.15. The predicted molar refractivity (Wildman–Crippen MR) is 83.6 cm³/mol. The fourth-order valence-corrected chi connectivity index (χ4v) is 2.15. The zero-order valence-electron chi connectivity index (χ0n) is 12.9. The van der Waals surface area contributed by atoms with Crippen LogP contribution in [0.15, 0.2) is 30.6 Å². The van der Waals surface area contributed by atoms with Crippen molar-refractivity contribution in [3.05, 3.63) is 30.6 Å². The fraction of sp³-hybridized carbons (Fsp3) is 0.200. The molecule has 0 radical (unpaired) electrons. The molecule has 0 bridgehead atoms. The van der Waals surface area contributed by atoms with Crippen molar-refractivity contribution in [1.82, 2.24) is 19.6 Å². The molecule has 1 amide bonds. The standard InChI is InChI=1S/C15H15N5O3/c1-9(21)17-13-7-14-18-11(4-5-20(14)19-13)10-6-12(22-2)15(23-3)16-8-10/h4-8H,1-3H3,(H,17,19,21). The summed E-state index contributed by atoms with van der Waals surface area (Å²) < 4.78 is 12.0. The van der Waals surface area contributed by atoms with Gasteiger partial charge in [0.2, 0.25) is 5.91 Å². The lowest BCUT2D eigenvalue weighted by atomic mass is 10.2. The number of carbonyl (C=O) groups is 1. The smallest absolute Gasteiger partial charge is 0.256 e. The number of carbonyl (C=O) groups excluding carboxylic acids is 1. The summed E-state index contributed by atoms with van der Waals surface area (Å²) in [7, 11) is 3.08. The first-order valence-corrected chi connectivity index (χ1v) is 6.83. The minimum atomic E-state index is -0.183. The highest BCUT2D eigenvalue weighted by Crippen LogP contribution is 2.29. The SMILES string of the molecule is COc1cc(-c2ccn3nc(NC(C)=O)cc3n2)cnc1OC. The van der Waals surface area contributed by atoms with Gasteiger partial charge in [-0.3, -0.25) is 4.79 Å². The number of anilines is 1. The van der Waals surface area contributed by atoms with E-state index in [2.05, 4.69) is 20.4 Å². The highest BCUT2D eigenvalue weighted by atomic mass is 16.5. The minimum Gasteiger partial charge on any atom is -0.491 e. The minimum absolute atomic E-state index is 0.183. The van der Waals surface area contributed by atoms with E-state index in [0.717, 1.165) is 5.56 Å². The Hall–Kier alpha value is -3.16. The third-order valence-corrected chi connectivity index (χ3v) is 3.16. The van der Waals surface area contributed by atoms with Crippen molar-refractivity contribution in [2.45, 2.75) is 6.92 Å². The van der Waals surface area contributed by atoms with E-state index in [-0.39, 0.29) is 5.91 Å². The number of amides is 1. The van der Waals surface area contributed by atoms with E-state index in [1.165, 1.54) is 14.0 Å². The number of aromatic nitrogens is 4. The maximum Gasteiger partial charge on any atom is 0.256 e. The van der Waals surface area contributed by atoms with Gasteiger partial charge in [-0.1, -0.05) is 0 Å². The Labute approximate surface area is 132 Å². The molecule has 0 unspecified atom stereocenters. The summed E-state index contributed by atoms with van der Waals surface area (Å²) in [5.74, 6) is 1.21. The van der Waals surface area contributed by atoms with Crippen LogP contribution in [0, 0.1) is 0 Å². The van der Waals surface area contributed by atoms with Gasteiger partial charge in [-0.05, 0) is 12.1 Å². The molecule has 1 N–H and O–H groups in total. The first-order chi connectivity index (χ1) is 11.1. The molecule has 0 aromatic carbocycles. The second-order valence-corrected chi connectivity index (χ2v) is 4.76. The van der Waals surface area contributed by atoms with Crippen molar-refractivity contribution in [3.8, 4) is 22.9 Å². The quantitative estimate of drug-likeness (QED) is 0.789. The molecular weight excluding hydrogens is 298 g/mol. The predicted octanol–water partition coefficient (Wildman–Crippen LogP) is 1.77. The highest BCUT2D eigenvalue weighted by molar-refractivity contribution is 5.88. The maximum atomic E-state index is 11.1. The maximum absolute atomic E-state index is 11.1. The molecule has 0 fully saturated rings. The van der Waals surface area contributed by atoms with E-state index in [0.29, 0.717) is 28.8 Å². The summed E-state index contributed by atoms with van der Waals surface area (Å²) in [5.41, 5.74) is 2.11. The van der Waals surface area contributed by atoms with Crippen LogP contribution in [0.4, 0.5) is 5.82 Å². The van der Waals surface area contributed by atoms with Crippen molar-refractivity contribution in [2.75, 3.05) is 19.5 Å². The summed E-state index contributed by atoms with van der Waals surface area (Å²) in [4.78, 5) is 19.8. The average Bonchev–Trinajstić information content (AvgIpc) is 2.94. The zero-order chi connectivity index (χ0) is 16.4. The van der Waals surface area contributed by atoms with Gasteiger partial charge < -0.3 is 14.8 Å². The van der Waals surface area contributed by atoms with Crippen LogP contribution < -0.4 is 14.8 Å². The van der Waals surface area contributed by atoms with Crippen molar-refractivity contribution >= 4 is 17.4 Å². The van der Waals surface area contributed by atoms with Gasteiger partial charge in [0, 0.05) is 30.9 Å². The number of hydrogen-bond acceptors (Lipinski definition) is 6. The Bertz CT molecular complexity index is 875. The number of fused-ring (bicyclic) bond motifs is 1. The second-order valence-electron chi connectivity index (χ2n) is 4.76. The molecule has 3 aromatic rings. The third kappa shape index (κ3) is 2.91. The molecule has 0 aliphatic carbocycles. The number of pyridine rings is 1. The van der Waals surface area contributed by atoms with E-state index in [9.17, 15) is 4.79 Å². The van der Waals surface area contributed by atoms with Gasteiger partial charge in [-0.15, -0.1) is 5.10 Å². The number of ether oxygens (including phenoxy) is 2. The van der Waals surface area contributed by atoms with Gasteiger partial charge in [0.1, 0.15) is 0 Å². The van der Waals surface area contributed by atoms with Gasteiger partial charge in [0.05, 0.1) is 19.9 Å². The van der Waals surface area contributed by atoms with E-state index in [1.807, 2.05) is 0 Å². The lowest BCUT2D eigenvalue weighted by Gasteiger charge is -2.08. The summed E-state index contributed by atoms with van der Waals surface area (Å²) in [6.07, 6.45) is 3.42. The molecule has 23 heavy (non-hydrogen) atoms. The Morgan fingerprint density at radius 1 is 1.26 bits per heavy atom. The second kappa shape index (κ2) is 5.91. The Balaban J connectivity index is 2.01. The number of rotatable bonds is 4. The van der Waals surface area contributed by atoms with Gasteiger partial charge >= 0.3 is 0 Å². The van der Waals surface area contributed by atoms with Gasteiger partial charge in [0.25, 0.3) is 5.88 Å². The Morgan fingerprint density at radius 3 is 2.78 bits per heavy atom. The first kappa shape index (κ1) is 14.8. The third-order valence-electron chi connectivity index (χ3n) is 3.16. The van der Waals surface area contributed by atoms with Crippen LogP contribution in [0.25, 0.3) is 16.9 Å². The van der Waals surface area contributed by atoms with Crippen molar-refractivity contribution in [3.63, 3.8) is 0 Å². The molecule has 0 atom stereocenters. The monoisotopic (exact) mass is 313 g/mol. The Kier molecular flexibility index (Phi) is 3.80. The highest BCUT2D eigenvalue weighted by Gasteiger charge is 2.10. The van der Waals surface area contributed by atoms with Gasteiger partial charge in [0.15, 0.2) is 17.2 Å². The van der Waals surface area contributed by atoms with Crippen LogP contribution in [-0.4, -0.2) is 39.7 Å². The number of nitrogens with zero attached hydrogens (tertiary/aromatic N) is 4. The molecule has 118 valence electrons. The average molecular weight is 313 g/mol. The Morgan fingerprint density at radius 2 is 2.09 bits per heavy atom. The van der Waals surface area contributed by atoms with Gasteiger partial charge in [-0.2, -0.15) is 0 Å². The molecule has 0 saturated carbocycles. The van der Waals surface area contributed by atoms with E-state index in [4.69, 9.17) is 9.47 Å². The molecule has 0 aliphatic rings. The molecule has 3 aromatic heterocycles. The van der Waals surface area contributed by atoms with Crippen molar-refractivity contribution in [2.24, 2.45) is 0 Å². The zero-order valence-corrected chi connectivity index (χ0v) is 12.9. The molecular formula is C15H15N5O3. The van der Waals surface area contributed by atoms with Crippen LogP contribution in [-0.2, 0) is 4.79 Å². The molecule has 0 aliphatic heterocycles. The summed E-state index contributed by atoms with van der Waals surface area (Å²) in [6, 6.07) is 5.30. The van der Waals surface area contributed by atoms with Gasteiger partial charge in [-0.25, -0.2) is 14.5 Å². The largest absolute Gasteiger partial charge is 0.491 e. The van der Waals surface area contributed by atoms with Crippen LogP contribution in [0.5, 0.6) is 11.6 Å². The molecule has 8 nitrogen and oxygen atoms in total. The van der Waals surface area contributed by atoms with Crippen molar-refractivity contribution < 1.29 is 14.3 Å². The summed E-state index contributed by atoms with van der Waals surface area (Å²) >= 11 is 0. The van der Waals surface area contributed by atoms with Crippen molar-refractivity contribution in [1.29, 1.82) is 0 Å². The number of hydrogen-bond donors (Lipinski definition) is 1. The van der Waals surface area contributed by atoms with Crippen LogP contribution in [0.2, 0.25) is 0 Å². The molecule has 0 saturated heterocycles. The number of nitrogens with one attached hydrogen (secondary N) is 1. The summed E-state index contributed by atoms with van der Waals surface area (Å²) in [6.45, 7) is 1.43. The normalized spacial score (nSPS) is 10.6. The van der Waals surface area contributed by atoms with E-state index in [1.54, 1.807) is 42.2 Å². The van der Waals surface area contributed by atoms with E-state index >= 15 is 0 Å². The van der Waals surface area contributed by atoms with Crippen LogP contribution in [0.3, 0.4) is 0 Å². The number of methoxy groups -OCH3 is 2. The molecule has 3 heterocycles. The van der Waals surface area contributed by atoms with Crippen LogP contribution >= 0.6 is 0 Å². The topological polar surface area (TPSA) is 90.6 Å².